The summed E-state index contributed by atoms with van der Waals surface area (Å²) >= 11 is 5.92. The van der Waals surface area contributed by atoms with Crippen molar-refractivity contribution in [1.82, 2.24) is 5.32 Å². The van der Waals surface area contributed by atoms with Gasteiger partial charge in [-0.15, -0.1) is 0 Å². The van der Waals surface area contributed by atoms with Crippen LogP contribution in [0, 0.1) is 0 Å². The Morgan fingerprint density at radius 2 is 2.12 bits per heavy atom. The minimum absolute atomic E-state index is 0.236. The van der Waals surface area contributed by atoms with E-state index >= 15 is 0 Å². The van der Waals surface area contributed by atoms with E-state index in [-0.39, 0.29) is 6.10 Å². The molecule has 3 heteroatoms. The van der Waals surface area contributed by atoms with Crippen LogP contribution in [-0.4, -0.2) is 25.8 Å². The Morgan fingerprint density at radius 1 is 1.38 bits per heavy atom. The van der Waals surface area contributed by atoms with Crippen LogP contribution in [0.2, 0.25) is 5.02 Å². The van der Waals surface area contributed by atoms with Gasteiger partial charge in [0.05, 0.1) is 6.10 Å². The molecule has 0 saturated carbocycles. The Labute approximate surface area is 103 Å². The van der Waals surface area contributed by atoms with Crippen LogP contribution in [0.1, 0.15) is 19.4 Å². The Morgan fingerprint density at radius 3 is 2.75 bits per heavy atom. The van der Waals surface area contributed by atoms with Gasteiger partial charge in [-0.25, -0.2) is 0 Å². The lowest BCUT2D eigenvalue weighted by Crippen LogP contribution is -2.37. The standard InChI is InChI=1S/C13H20ClNO/c1-10(11(2)16-3)15-8-7-12-5-4-6-13(14)9-12/h4-6,9-11,15H,7-8H2,1-3H3. The average molecular weight is 242 g/mol. The van der Waals surface area contributed by atoms with E-state index in [1.54, 1.807) is 7.11 Å². The van der Waals surface area contributed by atoms with Crippen molar-refractivity contribution in [3.05, 3.63) is 34.9 Å². The van der Waals surface area contributed by atoms with Crippen LogP contribution >= 0.6 is 11.6 Å². The molecule has 0 aliphatic rings. The predicted molar refractivity (Wildman–Crippen MR) is 69.1 cm³/mol. The second-order valence-electron chi connectivity index (χ2n) is 4.06. The highest BCUT2D eigenvalue weighted by Crippen LogP contribution is 2.10. The first-order valence-corrected chi connectivity index (χ1v) is 6.02. The van der Waals surface area contributed by atoms with Gasteiger partial charge in [0.25, 0.3) is 0 Å². The molecule has 0 heterocycles. The number of ether oxygens (including phenoxy) is 1. The molecule has 2 unspecified atom stereocenters. The summed E-state index contributed by atoms with van der Waals surface area (Å²) in [5.41, 5.74) is 1.26. The second kappa shape index (κ2) is 6.89. The number of hydrogen-bond donors (Lipinski definition) is 1. The van der Waals surface area contributed by atoms with Gasteiger partial charge in [-0.1, -0.05) is 23.7 Å². The van der Waals surface area contributed by atoms with Gasteiger partial charge in [0, 0.05) is 18.2 Å². The molecule has 0 spiro atoms. The summed E-state index contributed by atoms with van der Waals surface area (Å²) in [5, 5.41) is 4.23. The topological polar surface area (TPSA) is 21.3 Å². The fourth-order valence-corrected chi connectivity index (χ4v) is 1.72. The second-order valence-corrected chi connectivity index (χ2v) is 4.50. The van der Waals surface area contributed by atoms with Crippen molar-refractivity contribution >= 4 is 11.6 Å². The van der Waals surface area contributed by atoms with E-state index < -0.39 is 0 Å². The number of methoxy groups -OCH3 is 1. The lowest BCUT2D eigenvalue weighted by Gasteiger charge is -2.19. The number of benzene rings is 1. The van der Waals surface area contributed by atoms with Gasteiger partial charge in [-0.2, -0.15) is 0 Å². The van der Waals surface area contributed by atoms with Crippen LogP contribution in [0.4, 0.5) is 0 Å². The highest BCUT2D eigenvalue weighted by atomic mass is 35.5. The molecule has 0 amide bonds. The normalized spacial score (nSPS) is 14.8. The zero-order valence-electron chi connectivity index (χ0n) is 10.2. The van der Waals surface area contributed by atoms with E-state index in [1.165, 1.54) is 5.56 Å². The SMILES string of the molecule is COC(C)C(C)NCCc1cccc(Cl)c1. The monoisotopic (exact) mass is 241 g/mol. The molecule has 0 radical (unpaired) electrons. The maximum Gasteiger partial charge on any atom is 0.0693 e. The van der Waals surface area contributed by atoms with Gasteiger partial charge in [0.1, 0.15) is 0 Å². The molecule has 2 atom stereocenters. The van der Waals surface area contributed by atoms with E-state index in [9.17, 15) is 0 Å². The molecule has 90 valence electrons. The van der Waals surface area contributed by atoms with Gasteiger partial charge in [-0.3, -0.25) is 0 Å². The molecule has 0 fully saturated rings. The van der Waals surface area contributed by atoms with Crippen molar-refractivity contribution in [2.45, 2.75) is 32.4 Å². The van der Waals surface area contributed by atoms with Crippen molar-refractivity contribution in [3.8, 4) is 0 Å². The van der Waals surface area contributed by atoms with Gasteiger partial charge >= 0.3 is 0 Å². The smallest absolute Gasteiger partial charge is 0.0693 e. The fraction of sp³-hybridized carbons (Fsp3) is 0.538. The summed E-state index contributed by atoms with van der Waals surface area (Å²) in [4.78, 5) is 0. The summed E-state index contributed by atoms with van der Waals surface area (Å²) in [7, 11) is 1.74. The van der Waals surface area contributed by atoms with Crippen LogP contribution in [0.5, 0.6) is 0 Å². The number of halogens is 1. The van der Waals surface area contributed by atoms with Crippen molar-refractivity contribution in [2.24, 2.45) is 0 Å². The molecule has 0 aromatic heterocycles. The van der Waals surface area contributed by atoms with Gasteiger partial charge in [0.2, 0.25) is 0 Å². The predicted octanol–water partition coefficient (Wildman–Crippen LogP) is 2.90. The molecule has 0 aliphatic heterocycles. The molecular weight excluding hydrogens is 222 g/mol. The zero-order chi connectivity index (χ0) is 12.0. The Hall–Kier alpha value is -0.570. The summed E-state index contributed by atoms with van der Waals surface area (Å²) in [6, 6.07) is 8.35. The van der Waals surface area contributed by atoms with Crippen LogP contribution in [0.25, 0.3) is 0 Å². The molecule has 1 N–H and O–H groups in total. The van der Waals surface area contributed by atoms with E-state index in [2.05, 4.69) is 25.2 Å². The van der Waals surface area contributed by atoms with Crippen molar-refractivity contribution in [3.63, 3.8) is 0 Å². The van der Waals surface area contributed by atoms with Crippen molar-refractivity contribution < 1.29 is 4.74 Å². The molecule has 0 bridgehead atoms. The third kappa shape index (κ3) is 4.52. The largest absolute Gasteiger partial charge is 0.380 e. The van der Waals surface area contributed by atoms with Crippen LogP contribution in [0.15, 0.2) is 24.3 Å². The molecule has 0 saturated heterocycles. The highest BCUT2D eigenvalue weighted by molar-refractivity contribution is 6.30. The molecule has 0 aliphatic carbocycles. The third-order valence-corrected chi connectivity index (χ3v) is 3.08. The van der Waals surface area contributed by atoms with E-state index in [4.69, 9.17) is 16.3 Å². The van der Waals surface area contributed by atoms with Crippen molar-refractivity contribution in [2.75, 3.05) is 13.7 Å². The van der Waals surface area contributed by atoms with Crippen molar-refractivity contribution in [1.29, 1.82) is 0 Å². The fourth-order valence-electron chi connectivity index (χ4n) is 1.51. The number of hydrogen-bond acceptors (Lipinski definition) is 2. The number of nitrogens with one attached hydrogen (secondary N) is 1. The summed E-state index contributed by atoms with van der Waals surface area (Å²) < 4.78 is 5.25. The molecule has 1 rings (SSSR count). The minimum atomic E-state index is 0.236. The van der Waals surface area contributed by atoms with E-state index in [1.807, 2.05) is 18.2 Å². The van der Waals surface area contributed by atoms with Crippen LogP contribution < -0.4 is 5.32 Å². The first kappa shape index (κ1) is 13.5. The van der Waals surface area contributed by atoms with E-state index in [0.717, 1.165) is 18.0 Å². The quantitative estimate of drug-likeness (QED) is 0.827. The van der Waals surface area contributed by atoms with Gasteiger partial charge < -0.3 is 10.1 Å². The van der Waals surface area contributed by atoms with Crippen LogP contribution in [0.3, 0.4) is 0 Å². The molecular formula is C13H20ClNO. The average Bonchev–Trinajstić information content (AvgIpc) is 2.28. The van der Waals surface area contributed by atoms with Gasteiger partial charge in [-0.05, 0) is 44.5 Å². The van der Waals surface area contributed by atoms with Gasteiger partial charge in [0.15, 0.2) is 0 Å². The third-order valence-electron chi connectivity index (χ3n) is 2.84. The summed E-state index contributed by atoms with van der Waals surface area (Å²) in [5.74, 6) is 0. The molecule has 1 aromatic carbocycles. The summed E-state index contributed by atoms with van der Waals surface area (Å²) in [6.45, 7) is 5.14. The lowest BCUT2D eigenvalue weighted by molar-refractivity contribution is 0.0890. The highest BCUT2D eigenvalue weighted by Gasteiger charge is 2.09. The maximum absolute atomic E-state index is 5.92. The Bertz CT molecular complexity index is 317. The van der Waals surface area contributed by atoms with Crippen LogP contribution in [-0.2, 0) is 11.2 Å². The first-order valence-electron chi connectivity index (χ1n) is 5.64. The lowest BCUT2D eigenvalue weighted by atomic mass is 10.1. The first-order chi connectivity index (χ1) is 7.63. The molecule has 2 nitrogen and oxygen atoms in total. The zero-order valence-corrected chi connectivity index (χ0v) is 10.9. The number of rotatable bonds is 6. The summed E-state index contributed by atoms with van der Waals surface area (Å²) in [6.07, 6.45) is 1.22. The maximum atomic E-state index is 5.92. The Balaban J connectivity index is 2.30. The molecule has 1 aromatic rings. The minimum Gasteiger partial charge on any atom is -0.380 e. The molecule has 16 heavy (non-hydrogen) atoms. The Kier molecular flexibility index (Phi) is 5.81. The van der Waals surface area contributed by atoms with E-state index in [0.29, 0.717) is 6.04 Å².